The fraction of sp³-hybridized carbons (Fsp3) is 0.235. The second-order valence-corrected chi connectivity index (χ2v) is 7.51. The van der Waals surface area contributed by atoms with Crippen LogP contribution in [0.5, 0.6) is 11.5 Å². The topological polar surface area (TPSA) is 93.7 Å². The molecule has 0 bridgehead atoms. The molecule has 0 heterocycles. The third-order valence-corrected chi connectivity index (χ3v) is 4.13. The van der Waals surface area contributed by atoms with Crippen LogP contribution in [0, 0.1) is 0 Å². The molecule has 0 unspecified atom stereocenters. The van der Waals surface area contributed by atoms with Crippen LogP contribution in [0.1, 0.15) is 10.4 Å². The van der Waals surface area contributed by atoms with Gasteiger partial charge < -0.3 is 14.8 Å². The Kier molecular flexibility index (Phi) is 6.70. The summed E-state index contributed by atoms with van der Waals surface area (Å²) in [4.78, 5) is 12.2. The number of hydrogen-bond acceptors (Lipinski definition) is 5. The first-order valence-electron chi connectivity index (χ1n) is 7.61. The van der Waals surface area contributed by atoms with Gasteiger partial charge in [-0.05, 0) is 30.3 Å². The molecule has 2 aromatic carbocycles. The summed E-state index contributed by atoms with van der Waals surface area (Å²) in [5, 5.41) is 2.83. The number of amides is 1. The van der Waals surface area contributed by atoms with Crippen molar-refractivity contribution in [3.8, 4) is 11.5 Å². The summed E-state index contributed by atoms with van der Waals surface area (Å²) in [6.45, 7) is 0.542. The van der Waals surface area contributed by atoms with Crippen molar-refractivity contribution in [2.24, 2.45) is 0 Å². The Balaban J connectivity index is 1.87. The van der Waals surface area contributed by atoms with E-state index in [9.17, 15) is 13.2 Å². The van der Waals surface area contributed by atoms with E-state index in [1.165, 1.54) is 18.2 Å². The molecule has 2 N–H and O–H groups in total. The van der Waals surface area contributed by atoms with Gasteiger partial charge in [-0.1, -0.05) is 17.7 Å². The van der Waals surface area contributed by atoms with Gasteiger partial charge in [-0.2, -0.15) is 0 Å². The van der Waals surface area contributed by atoms with Gasteiger partial charge in [0.05, 0.1) is 30.5 Å². The molecule has 0 saturated heterocycles. The van der Waals surface area contributed by atoms with Crippen molar-refractivity contribution in [2.45, 2.75) is 0 Å². The van der Waals surface area contributed by atoms with E-state index in [0.29, 0.717) is 11.5 Å². The van der Waals surface area contributed by atoms with Gasteiger partial charge in [-0.3, -0.25) is 9.52 Å². The molecule has 0 atom stereocenters. The Morgan fingerprint density at radius 3 is 2.54 bits per heavy atom. The molecule has 0 aromatic heterocycles. The van der Waals surface area contributed by atoms with E-state index < -0.39 is 10.0 Å². The first-order chi connectivity index (χ1) is 12.3. The fourth-order valence-corrected chi connectivity index (χ4v) is 2.92. The lowest BCUT2D eigenvalue weighted by molar-refractivity contribution is 0.0947. The summed E-state index contributed by atoms with van der Waals surface area (Å²) < 4.78 is 35.3. The number of carbonyl (C=O) groups is 1. The van der Waals surface area contributed by atoms with Crippen LogP contribution in [0.3, 0.4) is 0 Å². The van der Waals surface area contributed by atoms with Gasteiger partial charge in [0, 0.05) is 11.8 Å². The maximum atomic E-state index is 12.2. The molecule has 0 aliphatic rings. The predicted octanol–water partition coefficient (Wildman–Crippen LogP) is 2.53. The quantitative estimate of drug-likeness (QED) is 0.666. The maximum absolute atomic E-state index is 12.2. The van der Waals surface area contributed by atoms with Crippen LogP contribution in [-0.2, 0) is 10.0 Å². The highest BCUT2D eigenvalue weighted by Gasteiger charge is 2.12. The molecule has 0 aliphatic heterocycles. The van der Waals surface area contributed by atoms with Crippen LogP contribution in [0.4, 0.5) is 5.69 Å². The van der Waals surface area contributed by atoms with E-state index in [1.807, 2.05) is 0 Å². The summed E-state index contributed by atoms with van der Waals surface area (Å²) in [7, 11) is -1.84. The van der Waals surface area contributed by atoms with E-state index in [0.717, 1.165) is 6.26 Å². The Morgan fingerprint density at radius 1 is 1.15 bits per heavy atom. The molecule has 0 spiro atoms. The van der Waals surface area contributed by atoms with Gasteiger partial charge in [0.25, 0.3) is 5.91 Å². The van der Waals surface area contributed by atoms with Gasteiger partial charge >= 0.3 is 0 Å². The first kappa shape index (κ1) is 19.9. The summed E-state index contributed by atoms with van der Waals surface area (Å²) >= 11 is 6.05. The molecule has 0 aliphatic carbocycles. The molecule has 1 amide bonds. The van der Waals surface area contributed by atoms with Crippen LogP contribution >= 0.6 is 11.6 Å². The largest absolute Gasteiger partial charge is 0.497 e. The van der Waals surface area contributed by atoms with Gasteiger partial charge in [-0.25, -0.2) is 8.42 Å². The standard InChI is InChI=1S/C17H19ClN2O5S/c1-24-13-4-3-5-14(11-13)25-9-8-19-17(21)15-7-6-12(10-16(15)18)20-26(2,22)23/h3-7,10-11,20H,8-9H2,1-2H3,(H,19,21). The van der Waals surface area contributed by atoms with Gasteiger partial charge in [-0.15, -0.1) is 0 Å². The summed E-state index contributed by atoms with van der Waals surface area (Å²) in [6, 6.07) is 11.4. The van der Waals surface area contributed by atoms with Crippen molar-refractivity contribution in [3.05, 3.63) is 53.1 Å². The van der Waals surface area contributed by atoms with Crippen molar-refractivity contribution < 1.29 is 22.7 Å². The number of hydrogen-bond donors (Lipinski definition) is 2. The lowest BCUT2D eigenvalue weighted by atomic mass is 10.2. The zero-order valence-corrected chi connectivity index (χ0v) is 15.9. The van der Waals surface area contributed by atoms with Crippen molar-refractivity contribution >= 4 is 33.2 Å². The van der Waals surface area contributed by atoms with Crippen molar-refractivity contribution in [1.82, 2.24) is 5.32 Å². The second-order valence-electron chi connectivity index (χ2n) is 5.35. The number of benzene rings is 2. The zero-order chi connectivity index (χ0) is 19.2. The molecule has 2 rings (SSSR count). The van der Waals surface area contributed by atoms with Crippen molar-refractivity contribution in [3.63, 3.8) is 0 Å². The Hall–Kier alpha value is -2.45. The number of methoxy groups -OCH3 is 1. The van der Waals surface area contributed by atoms with Crippen LogP contribution < -0.4 is 19.5 Å². The third-order valence-electron chi connectivity index (χ3n) is 3.21. The number of nitrogens with one attached hydrogen (secondary N) is 2. The van der Waals surface area contributed by atoms with Crippen LogP contribution in [-0.4, -0.2) is 40.8 Å². The van der Waals surface area contributed by atoms with Crippen LogP contribution in [0.25, 0.3) is 0 Å². The SMILES string of the molecule is COc1cccc(OCCNC(=O)c2ccc(NS(C)(=O)=O)cc2Cl)c1. The second kappa shape index (κ2) is 8.77. The smallest absolute Gasteiger partial charge is 0.252 e. The van der Waals surface area contributed by atoms with Crippen LogP contribution in [0.15, 0.2) is 42.5 Å². The average Bonchev–Trinajstić information content (AvgIpc) is 2.57. The molecular formula is C17H19ClN2O5S. The highest BCUT2D eigenvalue weighted by Crippen LogP contribution is 2.22. The molecule has 2 aromatic rings. The van der Waals surface area contributed by atoms with E-state index in [4.69, 9.17) is 21.1 Å². The zero-order valence-electron chi connectivity index (χ0n) is 14.3. The number of anilines is 1. The van der Waals surface area contributed by atoms with E-state index >= 15 is 0 Å². The van der Waals surface area contributed by atoms with Crippen molar-refractivity contribution in [1.29, 1.82) is 0 Å². The number of halogens is 1. The Morgan fingerprint density at radius 2 is 1.88 bits per heavy atom. The maximum Gasteiger partial charge on any atom is 0.252 e. The molecule has 0 fully saturated rings. The van der Waals surface area contributed by atoms with E-state index in [2.05, 4.69) is 10.0 Å². The van der Waals surface area contributed by atoms with Gasteiger partial charge in [0.1, 0.15) is 18.1 Å². The van der Waals surface area contributed by atoms with E-state index in [1.54, 1.807) is 31.4 Å². The van der Waals surface area contributed by atoms with Gasteiger partial charge in [0.15, 0.2) is 0 Å². The number of carbonyl (C=O) groups excluding carboxylic acids is 1. The fourth-order valence-electron chi connectivity index (χ4n) is 2.10. The summed E-state index contributed by atoms with van der Waals surface area (Å²) in [5.41, 5.74) is 0.530. The lowest BCUT2D eigenvalue weighted by Crippen LogP contribution is -2.28. The van der Waals surface area contributed by atoms with E-state index in [-0.39, 0.29) is 35.3 Å². The minimum Gasteiger partial charge on any atom is -0.497 e. The number of rotatable bonds is 8. The molecule has 26 heavy (non-hydrogen) atoms. The molecule has 7 nitrogen and oxygen atoms in total. The van der Waals surface area contributed by atoms with Crippen LogP contribution in [0.2, 0.25) is 5.02 Å². The monoisotopic (exact) mass is 398 g/mol. The summed E-state index contributed by atoms with van der Waals surface area (Å²) in [6.07, 6.45) is 1.03. The highest BCUT2D eigenvalue weighted by molar-refractivity contribution is 7.92. The van der Waals surface area contributed by atoms with Crippen molar-refractivity contribution in [2.75, 3.05) is 31.2 Å². The normalized spacial score (nSPS) is 10.9. The molecule has 140 valence electrons. The predicted molar refractivity (Wildman–Crippen MR) is 101 cm³/mol. The number of ether oxygens (including phenoxy) is 2. The summed E-state index contributed by atoms with van der Waals surface area (Å²) in [5.74, 6) is 0.934. The lowest BCUT2D eigenvalue weighted by Gasteiger charge is -2.10. The molecular weight excluding hydrogens is 380 g/mol. The molecule has 0 radical (unpaired) electrons. The Bertz CT molecular complexity index is 886. The van der Waals surface area contributed by atoms with Gasteiger partial charge in [0.2, 0.25) is 10.0 Å². The third kappa shape index (κ3) is 6.12. The minimum absolute atomic E-state index is 0.143. The highest BCUT2D eigenvalue weighted by atomic mass is 35.5. The number of sulfonamides is 1. The first-order valence-corrected chi connectivity index (χ1v) is 9.88. The molecule has 0 saturated carbocycles. The minimum atomic E-state index is -3.41. The molecule has 9 heteroatoms. The Labute approximate surface area is 157 Å². The average molecular weight is 399 g/mol.